The Morgan fingerprint density at radius 3 is 2.91 bits per heavy atom. The molecule has 3 heteroatoms. The van der Waals surface area contributed by atoms with Crippen molar-refractivity contribution in [3.8, 4) is 0 Å². The molecule has 10 atom stereocenters. The van der Waals surface area contributed by atoms with E-state index in [4.69, 9.17) is 0 Å². The maximum atomic E-state index is 13.4. The van der Waals surface area contributed by atoms with Gasteiger partial charge in [-0.2, -0.15) is 0 Å². The molecule has 7 aliphatic rings. The van der Waals surface area contributed by atoms with Crippen molar-refractivity contribution < 1.29 is 9.50 Å². The number of aliphatic hydroxyl groups is 1. The van der Waals surface area contributed by atoms with Gasteiger partial charge in [0.25, 0.3) is 0 Å². The molecule has 7 fully saturated rings. The fourth-order valence-corrected chi connectivity index (χ4v) is 8.81. The largest absolute Gasteiger partial charge is 0.375 e. The molecule has 1 N–H and O–H groups in total. The van der Waals surface area contributed by atoms with Crippen molar-refractivity contribution >= 4 is 0 Å². The third-order valence-corrected chi connectivity index (χ3v) is 8.74. The summed E-state index contributed by atoms with van der Waals surface area (Å²) in [6.07, 6.45) is 2.29. The molecule has 0 amide bonds. The summed E-state index contributed by atoms with van der Waals surface area (Å²) in [6, 6.07) is 7.62. The van der Waals surface area contributed by atoms with Crippen LogP contribution in [0.4, 0.5) is 4.39 Å². The first-order chi connectivity index (χ1) is 10.7. The molecule has 0 spiro atoms. The second kappa shape index (κ2) is 3.16. The summed E-state index contributed by atoms with van der Waals surface area (Å²) in [5.41, 5.74) is 0.580. The van der Waals surface area contributed by atoms with Gasteiger partial charge in [0, 0.05) is 24.4 Å². The van der Waals surface area contributed by atoms with Crippen LogP contribution in [0.3, 0.4) is 0 Å². The zero-order chi connectivity index (χ0) is 14.4. The molecule has 4 bridgehead atoms. The van der Waals surface area contributed by atoms with Gasteiger partial charge in [-0.1, -0.05) is 12.1 Å². The Balaban J connectivity index is 1.25. The lowest BCUT2D eigenvalue weighted by atomic mass is 9.59. The number of hydrogen-bond acceptors (Lipinski definition) is 2. The van der Waals surface area contributed by atoms with Crippen LogP contribution in [-0.4, -0.2) is 28.3 Å². The van der Waals surface area contributed by atoms with Crippen molar-refractivity contribution in [3.63, 3.8) is 0 Å². The standard InChI is InChI=1S/C19H20FNO/c20-9-3-1-2-8(6-9)4-5-21-18-14-10-7-11-13-12(10)15(18)17(13)19(21,22)16(11)14/h1-3,6,10-18,22H,4-5,7H2/t10-,11-,12+,13+,14-,15+,16+,17+,18+,19-/m0/s1. The number of halogens is 1. The Morgan fingerprint density at radius 2 is 2.05 bits per heavy atom. The Morgan fingerprint density at radius 1 is 1.14 bits per heavy atom. The van der Waals surface area contributed by atoms with Crippen LogP contribution < -0.4 is 0 Å². The van der Waals surface area contributed by atoms with Crippen LogP contribution in [0.5, 0.6) is 0 Å². The molecule has 8 rings (SSSR count). The second-order valence-electron chi connectivity index (χ2n) is 8.77. The second-order valence-corrected chi connectivity index (χ2v) is 8.77. The number of rotatable bonds is 3. The summed E-state index contributed by atoms with van der Waals surface area (Å²) in [5.74, 6) is 6.25. The van der Waals surface area contributed by atoms with Crippen LogP contribution in [0.1, 0.15) is 12.0 Å². The maximum absolute atomic E-state index is 13.4. The van der Waals surface area contributed by atoms with Gasteiger partial charge in [-0.05, 0) is 66.0 Å². The summed E-state index contributed by atoms with van der Waals surface area (Å²) >= 11 is 0. The van der Waals surface area contributed by atoms with Crippen molar-refractivity contribution in [1.29, 1.82) is 0 Å². The molecule has 114 valence electrons. The van der Waals surface area contributed by atoms with Gasteiger partial charge in [0.1, 0.15) is 11.5 Å². The summed E-state index contributed by atoms with van der Waals surface area (Å²) in [7, 11) is 0. The first-order valence-corrected chi connectivity index (χ1v) is 8.95. The SMILES string of the molecule is O[C@]12[C@@H]3[C@@H]4[C@@H]5C[C@H]6[C@H]4[C@H]3[C@@H]([C@@H]6[C@@H]51)N2CCc1cccc(F)c1. The van der Waals surface area contributed by atoms with Gasteiger partial charge < -0.3 is 5.11 Å². The monoisotopic (exact) mass is 297 g/mol. The van der Waals surface area contributed by atoms with Crippen molar-refractivity contribution in [2.45, 2.75) is 24.6 Å². The highest BCUT2D eigenvalue weighted by atomic mass is 19.1. The minimum atomic E-state index is -0.482. The van der Waals surface area contributed by atoms with Gasteiger partial charge in [-0.15, -0.1) is 0 Å². The average Bonchev–Trinajstić information content (AvgIpc) is 3.09. The first-order valence-electron chi connectivity index (χ1n) is 8.95. The highest BCUT2D eigenvalue weighted by Gasteiger charge is 2.93. The van der Waals surface area contributed by atoms with Crippen LogP contribution >= 0.6 is 0 Å². The molecule has 22 heavy (non-hydrogen) atoms. The van der Waals surface area contributed by atoms with E-state index >= 15 is 0 Å². The van der Waals surface area contributed by atoms with E-state index in [0.29, 0.717) is 17.9 Å². The lowest BCUT2D eigenvalue weighted by Crippen LogP contribution is -2.51. The minimum Gasteiger partial charge on any atom is -0.375 e. The van der Waals surface area contributed by atoms with Gasteiger partial charge in [0.05, 0.1) is 0 Å². The van der Waals surface area contributed by atoms with Crippen LogP contribution in [0.15, 0.2) is 24.3 Å². The van der Waals surface area contributed by atoms with Crippen LogP contribution in [0.2, 0.25) is 0 Å². The van der Waals surface area contributed by atoms with E-state index in [1.54, 1.807) is 12.1 Å². The van der Waals surface area contributed by atoms with Crippen LogP contribution in [-0.2, 0) is 6.42 Å². The van der Waals surface area contributed by atoms with Gasteiger partial charge in [-0.25, -0.2) is 4.39 Å². The predicted octanol–water partition coefficient (Wildman–Crippen LogP) is 2.13. The van der Waals surface area contributed by atoms with Gasteiger partial charge in [0.15, 0.2) is 0 Å². The topological polar surface area (TPSA) is 23.5 Å². The molecule has 5 saturated carbocycles. The summed E-state index contributed by atoms with van der Waals surface area (Å²) in [5, 5.41) is 11.6. The molecule has 2 nitrogen and oxygen atoms in total. The molecular formula is C19H20FNO. The van der Waals surface area contributed by atoms with E-state index in [2.05, 4.69) is 4.90 Å². The van der Waals surface area contributed by atoms with E-state index in [9.17, 15) is 9.50 Å². The molecule has 0 unspecified atom stereocenters. The minimum absolute atomic E-state index is 0.147. The van der Waals surface area contributed by atoms with Crippen LogP contribution in [0, 0.1) is 53.2 Å². The number of hydrogen-bond donors (Lipinski definition) is 1. The Hall–Kier alpha value is -0.930. The molecular weight excluding hydrogens is 277 g/mol. The number of nitrogens with zero attached hydrogens (tertiary/aromatic N) is 1. The normalized spacial score (nSPS) is 60.9. The predicted molar refractivity (Wildman–Crippen MR) is 78.1 cm³/mol. The lowest BCUT2D eigenvalue weighted by Gasteiger charge is -2.45. The Bertz CT molecular complexity index is 721. The third kappa shape index (κ3) is 0.881. The highest BCUT2D eigenvalue weighted by molar-refractivity contribution is 5.40. The number of benzene rings is 1. The van der Waals surface area contributed by atoms with Gasteiger partial charge in [-0.3, -0.25) is 4.90 Å². The van der Waals surface area contributed by atoms with E-state index in [-0.39, 0.29) is 5.82 Å². The van der Waals surface area contributed by atoms with Crippen LogP contribution in [0.25, 0.3) is 0 Å². The quantitative estimate of drug-likeness (QED) is 0.924. The molecule has 2 aliphatic heterocycles. The van der Waals surface area contributed by atoms with Crippen molar-refractivity contribution in [1.82, 2.24) is 4.90 Å². The zero-order valence-electron chi connectivity index (χ0n) is 12.4. The Labute approximate surface area is 129 Å². The molecule has 5 aliphatic carbocycles. The molecule has 1 aromatic carbocycles. The molecule has 0 radical (unpaired) electrons. The maximum Gasteiger partial charge on any atom is 0.125 e. The summed E-state index contributed by atoms with van der Waals surface area (Å²) < 4.78 is 13.4. The zero-order valence-corrected chi connectivity index (χ0v) is 12.4. The molecule has 0 aromatic heterocycles. The fourth-order valence-electron chi connectivity index (χ4n) is 8.81. The Kier molecular flexibility index (Phi) is 1.66. The van der Waals surface area contributed by atoms with E-state index < -0.39 is 5.72 Å². The third-order valence-electron chi connectivity index (χ3n) is 8.74. The van der Waals surface area contributed by atoms with E-state index in [1.807, 2.05) is 6.07 Å². The fraction of sp³-hybridized carbons (Fsp3) is 0.684. The molecule has 2 saturated heterocycles. The van der Waals surface area contributed by atoms with Crippen molar-refractivity contribution in [2.24, 2.45) is 47.3 Å². The smallest absolute Gasteiger partial charge is 0.125 e. The van der Waals surface area contributed by atoms with E-state index in [0.717, 1.165) is 54.0 Å². The highest BCUT2D eigenvalue weighted by Crippen LogP contribution is 2.90. The van der Waals surface area contributed by atoms with Gasteiger partial charge in [0.2, 0.25) is 0 Å². The summed E-state index contributed by atoms with van der Waals surface area (Å²) in [6.45, 7) is 0.906. The average molecular weight is 297 g/mol. The molecule has 2 heterocycles. The first kappa shape index (κ1) is 11.6. The lowest BCUT2D eigenvalue weighted by molar-refractivity contribution is -0.130. The van der Waals surface area contributed by atoms with Crippen molar-refractivity contribution in [2.75, 3.05) is 6.54 Å². The van der Waals surface area contributed by atoms with Crippen molar-refractivity contribution in [3.05, 3.63) is 35.6 Å². The van der Waals surface area contributed by atoms with Gasteiger partial charge >= 0.3 is 0 Å². The summed E-state index contributed by atoms with van der Waals surface area (Å²) in [4.78, 5) is 2.48. The molecule has 1 aromatic rings. The van der Waals surface area contributed by atoms with E-state index in [1.165, 1.54) is 12.5 Å².